The highest BCUT2D eigenvalue weighted by Gasteiger charge is 2.29. The van der Waals surface area contributed by atoms with E-state index in [1.165, 1.54) is 30.6 Å². The van der Waals surface area contributed by atoms with Crippen molar-refractivity contribution in [2.24, 2.45) is 5.92 Å². The summed E-state index contributed by atoms with van der Waals surface area (Å²) in [6.07, 6.45) is 4.06. The minimum absolute atomic E-state index is 0.0472. The maximum Gasteiger partial charge on any atom is 0.115 e. The highest BCUT2D eigenvalue weighted by molar-refractivity contribution is 5.80. The lowest BCUT2D eigenvalue weighted by atomic mass is 9.95. The van der Waals surface area contributed by atoms with Gasteiger partial charge in [0.2, 0.25) is 0 Å². The van der Waals surface area contributed by atoms with Crippen molar-refractivity contribution in [3.05, 3.63) is 24.0 Å². The number of benzene rings is 1. The monoisotopic (exact) mass is 271 g/mol. The zero-order valence-corrected chi connectivity index (χ0v) is 13.0. The van der Waals surface area contributed by atoms with Gasteiger partial charge in [-0.15, -0.1) is 0 Å². The molecule has 2 N–H and O–H groups in total. The van der Waals surface area contributed by atoms with Gasteiger partial charge in [-0.05, 0) is 37.5 Å². The van der Waals surface area contributed by atoms with Crippen LogP contribution in [-0.2, 0) is 5.41 Å². The quantitative estimate of drug-likeness (QED) is 0.847. The molecule has 0 amide bonds. The largest absolute Gasteiger partial charge is 0.399 e. The Kier molecular flexibility index (Phi) is 3.03. The van der Waals surface area contributed by atoms with Crippen molar-refractivity contribution in [1.29, 1.82) is 0 Å². The molecule has 0 bridgehead atoms. The third-order valence-electron chi connectivity index (χ3n) is 4.20. The number of hydrogen-bond acceptors (Lipinski definition) is 2. The Bertz CT molecular complexity index is 629. The Morgan fingerprint density at radius 1 is 1.35 bits per heavy atom. The minimum atomic E-state index is 0.0472. The van der Waals surface area contributed by atoms with Gasteiger partial charge in [0, 0.05) is 17.1 Å². The van der Waals surface area contributed by atoms with Gasteiger partial charge in [0.25, 0.3) is 0 Å². The molecular formula is C17H25N3. The third-order valence-corrected chi connectivity index (χ3v) is 4.20. The maximum absolute atomic E-state index is 5.91. The maximum atomic E-state index is 5.91. The molecule has 1 heterocycles. The van der Waals surface area contributed by atoms with Crippen LogP contribution in [0.15, 0.2) is 18.2 Å². The Hall–Kier alpha value is -1.51. The van der Waals surface area contributed by atoms with Crippen molar-refractivity contribution in [2.75, 3.05) is 5.73 Å². The summed E-state index contributed by atoms with van der Waals surface area (Å²) in [6, 6.07) is 6.60. The molecule has 0 aliphatic heterocycles. The zero-order valence-electron chi connectivity index (χ0n) is 13.0. The van der Waals surface area contributed by atoms with Crippen molar-refractivity contribution < 1.29 is 0 Å². The normalized spacial score (nSPS) is 17.6. The molecule has 20 heavy (non-hydrogen) atoms. The molecule has 0 spiro atoms. The van der Waals surface area contributed by atoms with Crippen LogP contribution in [0.4, 0.5) is 5.69 Å². The number of rotatable bonds is 3. The van der Waals surface area contributed by atoms with Gasteiger partial charge in [-0.2, -0.15) is 0 Å². The molecule has 1 atom stereocenters. The van der Waals surface area contributed by atoms with E-state index in [2.05, 4.69) is 38.3 Å². The Balaban J connectivity index is 2.14. The van der Waals surface area contributed by atoms with Crippen LogP contribution in [-0.4, -0.2) is 9.55 Å². The summed E-state index contributed by atoms with van der Waals surface area (Å²) < 4.78 is 2.44. The van der Waals surface area contributed by atoms with Crippen LogP contribution in [0.5, 0.6) is 0 Å². The molecule has 0 saturated heterocycles. The third kappa shape index (κ3) is 2.41. The van der Waals surface area contributed by atoms with Crippen LogP contribution in [0.1, 0.15) is 58.8 Å². The van der Waals surface area contributed by atoms with Gasteiger partial charge in [-0.3, -0.25) is 0 Å². The number of imidazole rings is 1. The first kappa shape index (κ1) is 13.5. The number of nitrogen functional groups attached to an aromatic ring is 1. The van der Waals surface area contributed by atoms with E-state index in [4.69, 9.17) is 10.7 Å². The van der Waals surface area contributed by atoms with E-state index < -0.39 is 0 Å². The standard InChI is InChI=1S/C17H25N3/c1-11(9-12-5-6-12)20-15-8-7-13(18)10-14(15)19-16(20)17(2,3)4/h7-8,10-12H,5-6,9,18H2,1-4H3. The van der Waals surface area contributed by atoms with Crippen molar-refractivity contribution in [3.8, 4) is 0 Å². The Labute approximate surface area is 121 Å². The van der Waals surface area contributed by atoms with Gasteiger partial charge in [-0.1, -0.05) is 33.6 Å². The van der Waals surface area contributed by atoms with Gasteiger partial charge >= 0.3 is 0 Å². The molecule has 1 unspecified atom stereocenters. The summed E-state index contributed by atoms with van der Waals surface area (Å²) in [4.78, 5) is 4.88. The summed E-state index contributed by atoms with van der Waals surface area (Å²) in [5.74, 6) is 2.09. The Morgan fingerprint density at radius 3 is 2.65 bits per heavy atom. The average Bonchev–Trinajstić information content (AvgIpc) is 3.05. The van der Waals surface area contributed by atoms with E-state index in [-0.39, 0.29) is 5.41 Å². The van der Waals surface area contributed by atoms with Crippen LogP contribution < -0.4 is 5.73 Å². The lowest BCUT2D eigenvalue weighted by Gasteiger charge is -2.24. The summed E-state index contributed by atoms with van der Waals surface area (Å²) in [6.45, 7) is 9.03. The SMILES string of the molecule is CC(CC1CC1)n1c(C(C)(C)C)nc2cc(N)ccc21. The lowest BCUT2D eigenvalue weighted by Crippen LogP contribution is -2.21. The highest BCUT2D eigenvalue weighted by Crippen LogP contribution is 2.39. The summed E-state index contributed by atoms with van der Waals surface area (Å²) in [5, 5.41) is 0. The van der Waals surface area contributed by atoms with Gasteiger partial charge in [0.15, 0.2) is 0 Å². The predicted molar refractivity (Wildman–Crippen MR) is 84.9 cm³/mol. The lowest BCUT2D eigenvalue weighted by molar-refractivity contribution is 0.427. The number of fused-ring (bicyclic) bond motifs is 1. The molecule has 1 saturated carbocycles. The smallest absolute Gasteiger partial charge is 0.115 e. The van der Waals surface area contributed by atoms with Gasteiger partial charge in [-0.25, -0.2) is 4.98 Å². The van der Waals surface area contributed by atoms with Gasteiger partial charge in [0.05, 0.1) is 11.0 Å². The molecule has 0 radical (unpaired) electrons. The first-order valence-electron chi connectivity index (χ1n) is 7.64. The molecule has 108 valence electrons. The molecule has 3 rings (SSSR count). The van der Waals surface area contributed by atoms with Crippen LogP contribution >= 0.6 is 0 Å². The predicted octanol–water partition coefficient (Wildman–Crippen LogP) is 4.28. The molecule has 1 aliphatic rings. The molecule has 3 nitrogen and oxygen atoms in total. The number of anilines is 1. The van der Waals surface area contributed by atoms with Crippen molar-refractivity contribution in [3.63, 3.8) is 0 Å². The second kappa shape index (κ2) is 4.51. The molecule has 1 fully saturated rings. The van der Waals surface area contributed by atoms with Crippen molar-refractivity contribution in [1.82, 2.24) is 9.55 Å². The van der Waals surface area contributed by atoms with E-state index in [0.29, 0.717) is 6.04 Å². The van der Waals surface area contributed by atoms with Crippen LogP contribution in [0.2, 0.25) is 0 Å². The number of hydrogen-bond donors (Lipinski definition) is 1. The summed E-state index contributed by atoms with van der Waals surface area (Å²) in [7, 11) is 0. The van der Waals surface area contributed by atoms with E-state index in [9.17, 15) is 0 Å². The van der Waals surface area contributed by atoms with E-state index >= 15 is 0 Å². The van der Waals surface area contributed by atoms with Crippen molar-refractivity contribution in [2.45, 2.75) is 58.4 Å². The molecule has 1 aromatic heterocycles. The van der Waals surface area contributed by atoms with Gasteiger partial charge in [0.1, 0.15) is 5.82 Å². The second-order valence-electron chi connectivity index (χ2n) is 7.33. The fourth-order valence-corrected chi connectivity index (χ4v) is 3.03. The van der Waals surface area contributed by atoms with E-state index in [0.717, 1.165) is 17.1 Å². The average molecular weight is 271 g/mol. The van der Waals surface area contributed by atoms with Crippen LogP contribution in [0, 0.1) is 5.92 Å². The first-order valence-corrected chi connectivity index (χ1v) is 7.64. The number of aromatic nitrogens is 2. The zero-order chi connectivity index (χ0) is 14.5. The molecule has 3 heteroatoms. The number of nitrogens with two attached hydrogens (primary N) is 1. The first-order chi connectivity index (χ1) is 9.36. The fourth-order valence-electron chi connectivity index (χ4n) is 3.03. The highest BCUT2D eigenvalue weighted by atomic mass is 15.1. The second-order valence-corrected chi connectivity index (χ2v) is 7.33. The molecular weight excluding hydrogens is 246 g/mol. The van der Waals surface area contributed by atoms with Crippen LogP contribution in [0.25, 0.3) is 11.0 Å². The topological polar surface area (TPSA) is 43.8 Å². The van der Waals surface area contributed by atoms with E-state index in [1.807, 2.05) is 12.1 Å². The Morgan fingerprint density at radius 2 is 2.05 bits per heavy atom. The summed E-state index contributed by atoms with van der Waals surface area (Å²) >= 11 is 0. The van der Waals surface area contributed by atoms with Crippen molar-refractivity contribution >= 4 is 16.7 Å². The number of nitrogens with zero attached hydrogens (tertiary/aromatic N) is 2. The minimum Gasteiger partial charge on any atom is -0.399 e. The van der Waals surface area contributed by atoms with Gasteiger partial charge < -0.3 is 10.3 Å². The fraction of sp³-hybridized carbons (Fsp3) is 0.588. The van der Waals surface area contributed by atoms with Crippen LogP contribution in [0.3, 0.4) is 0 Å². The molecule has 2 aromatic rings. The molecule has 1 aliphatic carbocycles. The van der Waals surface area contributed by atoms with E-state index in [1.54, 1.807) is 0 Å². The molecule has 1 aromatic carbocycles. The summed E-state index contributed by atoms with van der Waals surface area (Å²) in [5.41, 5.74) is 8.99.